The lowest BCUT2D eigenvalue weighted by atomic mass is 9.96. The second-order valence-corrected chi connectivity index (χ2v) is 6.16. The average molecular weight is 317 g/mol. The Balaban J connectivity index is 1.40. The van der Waals surface area contributed by atoms with Gasteiger partial charge in [0.15, 0.2) is 5.96 Å². The van der Waals surface area contributed by atoms with Gasteiger partial charge < -0.3 is 20.1 Å². The molecule has 2 fully saturated rings. The Morgan fingerprint density at radius 1 is 1.30 bits per heavy atom. The van der Waals surface area contributed by atoms with Crippen LogP contribution in [-0.4, -0.2) is 43.9 Å². The van der Waals surface area contributed by atoms with E-state index in [0.29, 0.717) is 38.0 Å². The summed E-state index contributed by atoms with van der Waals surface area (Å²) in [6.45, 7) is 4.86. The van der Waals surface area contributed by atoms with Gasteiger partial charge >= 0.3 is 0 Å². The van der Waals surface area contributed by atoms with E-state index in [2.05, 4.69) is 34.7 Å². The average Bonchev–Trinajstić information content (AvgIpc) is 3.18. The van der Waals surface area contributed by atoms with Crippen molar-refractivity contribution >= 4 is 5.96 Å². The van der Waals surface area contributed by atoms with Crippen molar-refractivity contribution in [1.82, 2.24) is 10.6 Å². The summed E-state index contributed by atoms with van der Waals surface area (Å²) in [7, 11) is 0. The summed E-state index contributed by atoms with van der Waals surface area (Å²) in [4.78, 5) is 4.61. The summed E-state index contributed by atoms with van der Waals surface area (Å²) in [6.07, 6.45) is 4.29. The largest absolute Gasteiger partial charge is 0.375 e. The molecular weight excluding hydrogens is 290 g/mol. The third kappa shape index (κ3) is 4.69. The molecule has 23 heavy (non-hydrogen) atoms. The number of hydrogen-bond acceptors (Lipinski definition) is 3. The highest BCUT2D eigenvalue weighted by molar-refractivity contribution is 5.80. The van der Waals surface area contributed by atoms with Gasteiger partial charge in [-0.25, -0.2) is 0 Å². The number of aliphatic imine (C=N–C) groups is 1. The van der Waals surface area contributed by atoms with E-state index in [4.69, 9.17) is 9.47 Å². The molecule has 0 aromatic heterocycles. The Morgan fingerprint density at radius 3 is 2.87 bits per heavy atom. The van der Waals surface area contributed by atoms with Gasteiger partial charge in [-0.2, -0.15) is 0 Å². The third-order valence-electron chi connectivity index (χ3n) is 4.39. The van der Waals surface area contributed by atoms with Crippen LogP contribution in [0, 0.1) is 0 Å². The van der Waals surface area contributed by atoms with Crippen LogP contribution < -0.4 is 10.6 Å². The lowest BCUT2D eigenvalue weighted by Crippen LogP contribution is -2.47. The maximum Gasteiger partial charge on any atom is 0.191 e. The first-order valence-electron chi connectivity index (χ1n) is 8.67. The number of nitrogens with zero attached hydrogens (tertiary/aromatic N) is 1. The van der Waals surface area contributed by atoms with Crippen LogP contribution in [-0.2, 0) is 16.1 Å². The molecule has 2 saturated heterocycles. The molecule has 0 aliphatic carbocycles. The number of fused-ring (bicyclic) bond motifs is 2. The summed E-state index contributed by atoms with van der Waals surface area (Å²) in [5.74, 6) is 0.872. The first-order valence-corrected chi connectivity index (χ1v) is 8.67. The van der Waals surface area contributed by atoms with E-state index in [-0.39, 0.29) is 0 Å². The van der Waals surface area contributed by atoms with Crippen LogP contribution in [0.2, 0.25) is 0 Å². The monoisotopic (exact) mass is 317 g/mol. The molecule has 1 aromatic carbocycles. The van der Waals surface area contributed by atoms with Gasteiger partial charge in [-0.1, -0.05) is 30.3 Å². The van der Waals surface area contributed by atoms with E-state index in [1.807, 2.05) is 18.2 Å². The van der Waals surface area contributed by atoms with Gasteiger partial charge in [0, 0.05) is 6.54 Å². The van der Waals surface area contributed by atoms with Crippen LogP contribution in [0.5, 0.6) is 0 Å². The van der Waals surface area contributed by atoms with Crippen molar-refractivity contribution < 1.29 is 9.47 Å². The Bertz CT molecular complexity index is 506. The summed E-state index contributed by atoms with van der Waals surface area (Å²) in [5.41, 5.74) is 1.20. The topological polar surface area (TPSA) is 54.9 Å². The van der Waals surface area contributed by atoms with E-state index in [0.717, 1.165) is 18.9 Å². The number of rotatable bonds is 7. The summed E-state index contributed by atoms with van der Waals surface area (Å²) in [6, 6.07) is 10.6. The summed E-state index contributed by atoms with van der Waals surface area (Å²) in [5, 5.41) is 6.82. The third-order valence-corrected chi connectivity index (χ3v) is 4.39. The molecule has 1 aromatic rings. The van der Waals surface area contributed by atoms with E-state index < -0.39 is 0 Å². The van der Waals surface area contributed by atoms with Crippen LogP contribution in [0.15, 0.2) is 35.3 Å². The molecule has 3 atom stereocenters. The molecule has 3 unspecified atom stereocenters. The normalized spacial score (nSPS) is 26.5. The number of guanidine groups is 1. The molecule has 0 radical (unpaired) electrons. The first-order chi connectivity index (χ1) is 11.3. The molecule has 2 bridgehead atoms. The molecule has 5 nitrogen and oxygen atoms in total. The minimum atomic E-state index is 0.359. The summed E-state index contributed by atoms with van der Waals surface area (Å²) >= 11 is 0. The van der Waals surface area contributed by atoms with Crippen LogP contribution in [0.1, 0.15) is 31.7 Å². The van der Waals surface area contributed by atoms with Gasteiger partial charge in [-0.3, -0.25) is 4.99 Å². The molecule has 3 rings (SSSR count). The Morgan fingerprint density at radius 2 is 2.17 bits per heavy atom. The van der Waals surface area contributed by atoms with Crippen molar-refractivity contribution in [2.24, 2.45) is 4.99 Å². The van der Waals surface area contributed by atoms with Gasteiger partial charge in [0.1, 0.15) is 0 Å². The predicted octanol–water partition coefficient (Wildman–Crippen LogP) is 2.08. The van der Waals surface area contributed by atoms with Crippen LogP contribution >= 0.6 is 0 Å². The van der Waals surface area contributed by atoms with Crippen molar-refractivity contribution in [3.8, 4) is 0 Å². The van der Waals surface area contributed by atoms with E-state index in [1.54, 1.807) is 0 Å². The van der Waals surface area contributed by atoms with Gasteiger partial charge in [-0.15, -0.1) is 0 Å². The van der Waals surface area contributed by atoms with Gasteiger partial charge in [0.25, 0.3) is 0 Å². The molecule has 0 amide bonds. The van der Waals surface area contributed by atoms with E-state index >= 15 is 0 Å². The SMILES string of the molecule is CCNC(=NCCOCc1ccccc1)NC1CC2CCC1O2. The molecule has 2 aliphatic rings. The zero-order valence-corrected chi connectivity index (χ0v) is 13.8. The summed E-state index contributed by atoms with van der Waals surface area (Å²) < 4.78 is 11.6. The van der Waals surface area contributed by atoms with Crippen molar-refractivity contribution in [1.29, 1.82) is 0 Å². The zero-order valence-electron chi connectivity index (χ0n) is 13.8. The fourth-order valence-electron chi connectivity index (χ4n) is 3.27. The smallest absolute Gasteiger partial charge is 0.191 e. The molecular formula is C18H27N3O2. The van der Waals surface area contributed by atoms with Gasteiger partial charge in [0.05, 0.1) is 38.0 Å². The Labute approximate surface area is 138 Å². The molecule has 5 heteroatoms. The van der Waals surface area contributed by atoms with Crippen molar-refractivity contribution in [2.75, 3.05) is 19.7 Å². The molecule has 2 aliphatic heterocycles. The highest BCUT2D eigenvalue weighted by atomic mass is 16.5. The Kier molecular flexibility index (Phi) is 5.88. The molecule has 0 spiro atoms. The standard InChI is InChI=1S/C18H27N3O2/c1-2-19-18(21-16-12-15-8-9-17(16)23-15)20-10-11-22-13-14-6-4-3-5-7-14/h3-7,15-17H,2,8-13H2,1H3,(H2,19,20,21). The zero-order chi connectivity index (χ0) is 15.9. The lowest BCUT2D eigenvalue weighted by molar-refractivity contribution is 0.0992. The molecule has 0 saturated carbocycles. The second kappa shape index (κ2) is 8.31. The fourth-order valence-corrected chi connectivity index (χ4v) is 3.27. The number of hydrogen-bond donors (Lipinski definition) is 2. The van der Waals surface area contributed by atoms with Crippen molar-refractivity contribution in [3.63, 3.8) is 0 Å². The Hall–Kier alpha value is -1.59. The van der Waals surface area contributed by atoms with Crippen LogP contribution in [0.4, 0.5) is 0 Å². The van der Waals surface area contributed by atoms with Gasteiger partial charge in [-0.05, 0) is 31.7 Å². The van der Waals surface area contributed by atoms with Crippen LogP contribution in [0.3, 0.4) is 0 Å². The van der Waals surface area contributed by atoms with Crippen molar-refractivity contribution in [3.05, 3.63) is 35.9 Å². The molecule has 2 heterocycles. The second-order valence-electron chi connectivity index (χ2n) is 6.16. The highest BCUT2D eigenvalue weighted by Crippen LogP contribution is 2.34. The maximum atomic E-state index is 5.89. The fraction of sp³-hybridized carbons (Fsp3) is 0.611. The predicted molar refractivity (Wildman–Crippen MR) is 91.5 cm³/mol. The highest BCUT2D eigenvalue weighted by Gasteiger charge is 2.41. The quantitative estimate of drug-likeness (QED) is 0.459. The number of benzene rings is 1. The van der Waals surface area contributed by atoms with Crippen molar-refractivity contribution in [2.45, 2.75) is 51.0 Å². The van der Waals surface area contributed by atoms with Crippen LogP contribution in [0.25, 0.3) is 0 Å². The van der Waals surface area contributed by atoms with Gasteiger partial charge in [0.2, 0.25) is 0 Å². The number of nitrogens with one attached hydrogen (secondary N) is 2. The maximum absolute atomic E-state index is 5.89. The van der Waals surface area contributed by atoms with E-state index in [9.17, 15) is 0 Å². The molecule has 126 valence electrons. The minimum Gasteiger partial charge on any atom is -0.375 e. The number of ether oxygens (including phenoxy) is 2. The minimum absolute atomic E-state index is 0.359. The lowest BCUT2D eigenvalue weighted by Gasteiger charge is -2.22. The molecule has 2 N–H and O–H groups in total. The van der Waals surface area contributed by atoms with E-state index in [1.165, 1.54) is 18.4 Å². The first kappa shape index (κ1) is 16.3.